The summed E-state index contributed by atoms with van der Waals surface area (Å²) >= 11 is 0. The maximum atomic E-state index is 14.0. The molecule has 1 aliphatic heterocycles. The molecule has 0 spiro atoms. The lowest BCUT2D eigenvalue weighted by Gasteiger charge is -2.17. The SMILES string of the molecule is C=Cc1cc(Cn2cc(OC)c(=O)nc2Nc2ccc3c(c2C)COC3)cc(F)c1F. The van der Waals surface area contributed by atoms with Crippen molar-refractivity contribution in [1.29, 1.82) is 0 Å². The van der Waals surface area contributed by atoms with Crippen LogP contribution in [0.3, 0.4) is 0 Å². The number of nitrogens with one attached hydrogen (secondary N) is 1. The molecule has 2 heterocycles. The summed E-state index contributed by atoms with van der Waals surface area (Å²) < 4.78 is 40.1. The van der Waals surface area contributed by atoms with E-state index >= 15 is 0 Å². The first kappa shape index (κ1) is 20.7. The molecule has 0 amide bonds. The molecule has 8 heteroatoms. The van der Waals surface area contributed by atoms with Gasteiger partial charge in [-0.3, -0.25) is 4.79 Å². The maximum Gasteiger partial charge on any atom is 0.316 e. The van der Waals surface area contributed by atoms with E-state index < -0.39 is 17.2 Å². The molecule has 0 unspecified atom stereocenters. The molecule has 4 rings (SSSR count). The average molecular weight is 425 g/mol. The molecular formula is C23H21F2N3O3. The number of rotatable bonds is 6. The predicted octanol–water partition coefficient (Wildman–Crippen LogP) is 4.30. The van der Waals surface area contributed by atoms with Crippen LogP contribution in [0.25, 0.3) is 6.08 Å². The Balaban J connectivity index is 1.76. The van der Waals surface area contributed by atoms with Crippen molar-refractivity contribution >= 4 is 17.7 Å². The largest absolute Gasteiger partial charge is 0.490 e. The van der Waals surface area contributed by atoms with Crippen LogP contribution in [0.15, 0.2) is 41.8 Å². The first-order chi connectivity index (χ1) is 14.9. The van der Waals surface area contributed by atoms with Gasteiger partial charge in [0.25, 0.3) is 0 Å². The van der Waals surface area contributed by atoms with Gasteiger partial charge < -0.3 is 19.4 Å². The Kier molecular flexibility index (Phi) is 5.56. The minimum Gasteiger partial charge on any atom is -0.490 e. The van der Waals surface area contributed by atoms with Gasteiger partial charge >= 0.3 is 5.56 Å². The molecule has 2 aromatic carbocycles. The van der Waals surface area contributed by atoms with Crippen molar-refractivity contribution in [1.82, 2.24) is 9.55 Å². The molecule has 0 aliphatic carbocycles. The summed E-state index contributed by atoms with van der Waals surface area (Å²) in [5, 5.41) is 3.19. The first-order valence-corrected chi connectivity index (χ1v) is 9.63. The number of fused-ring (bicyclic) bond motifs is 1. The lowest BCUT2D eigenvalue weighted by atomic mass is 10.0. The van der Waals surface area contributed by atoms with E-state index in [1.165, 1.54) is 25.4 Å². The quantitative estimate of drug-likeness (QED) is 0.638. The summed E-state index contributed by atoms with van der Waals surface area (Å²) in [4.78, 5) is 16.4. The van der Waals surface area contributed by atoms with Crippen LogP contribution in [0.5, 0.6) is 5.75 Å². The minimum atomic E-state index is -0.975. The smallest absolute Gasteiger partial charge is 0.316 e. The molecule has 1 N–H and O–H groups in total. The van der Waals surface area contributed by atoms with Crippen molar-refractivity contribution < 1.29 is 18.3 Å². The Morgan fingerprint density at radius 2 is 2.13 bits per heavy atom. The zero-order chi connectivity index (χ0) is 22.1. The van der Waals surface area contributed by atoms with E-state index in [0.717, 1.165) is 28.4 Å². The highest BCUT2D eigenvalue weighted by atomic mass is 19.2. The number of nitrogens with zero attached hydrogens (tertiary/aromatic N) is 2. The molecule has 1 aromatic heterocycles. The van der Waals surface area contributed by atoms with Crippen molar-refractivity contribution in [2.45, 2.75) is 26.7 Å². The standard InChI is InChI=1S/C23H21F2N3O3/c1-4-15-7-14(8-18(24)21(15)25)9-28-10-20(30-3)22(29)27-23(28)26-19-6-5-16-11-31-12-17(16)13(19)2/h4-8,10H,1,9,11-12H2,2-3H3,(H,26,27,29). The zero-order valence-electron chi connectivity index (χ0n) is 17.2. The van der Waals surface area contributed by atoms with Crippen molar-refractivity contribution in [2.75, 3.05) is 12.4 Å². The molecule has 0 radical (unpaired) electrons. The van der Waals surface area contributed by atoms with Gasteiger partial charge in [-0.15, -0.1) is 0 Å². The Bertz CT molecular complexity index is 1240. The lowest BCUT2D eigenvalue weighted by Crippen LogP contribution is -2.19. The third-order valence-electron chi connectivity index (χ3n) is 5.32. The molecule has 0 saturated heterocycles. The topological polar surface area (TPSA) is 65.4 Å². The molecule has 3 aromatic rings. The van der Waals surface area contributed by atoms with Crippen LogP contribution in [-0.4, -0.2) is 16.7 Å². The van der Waals surface area contributed by atoms with Crippen LogP contribution in [0.2, 0.25) is 0 Å². The summed E-state index contributed by atoms with van der Waals surface area (Å²) in [7, 11) is 1.37. The van der Waals surface area contributed by atoms with Crippen LogP contribution in [0.4, 0.5) is 20.4 Å². The van der Waals surface area contributed by atoms with Gasteiger partial charge in [-0.25, -0.2) is 8.78 Å². The van der Waals surface area contributed by atoms with Crippen molar-refractivity contribution in [3.05, 3.63) is 86.8 Å². The van der Waals surface area contributed by atoms with Crippen molar-refractivity contribution in [3.63, 3.8) is 0 Å². The molecular weight excluding hydrogens is 404 g/mol. The van der Waals surface area contributed by atoms with E-state index in [2.05, 4.69) is 16.9 Å². The third-order valence-corrected chi connectivity index (χ3v) is 5.32. The highest BCUT2D eigenvalue weighted by molar-refractivity contribution is 5.62. The summed E-state index contributed by atoms with van der Waals surface area (Å²) in [6, 6.07) is 6.47. The van der Waals surface area contributed by atoms with Gasteiger partial charge in [0.2, 0.25) is 11.7 Å². The molecule has 1 aliphatic rings. The number of hydrogen-bond acceptors (Lipinski definition) is 5. The Hall–Kier alpha value is -3.52. The molecule has 0 bridgehead atoms. The van der Waals surface area contributed by atoms with E-state index in [1.807, 2.05) is 19.1 Å². The van der Waals surface area contributed by atoms with Crippen LogP contribution in [0.1, 0.15) is 27.8 Å². The number of anilines is 2. The zero-order valence-corrected chi connectivity index (χ0v) is 17.2. The van der Waals surface area contributed by atoms with Gasteiger partial charge in [0.05, 0.1) is 33.1 Å². The average Bonchev–Trinajstić information content (AvgIpc) is 3.24. The fraction of sp³-hybridized carbons (Fsp3) is 0.217. The van der Waals surface area contributed by atoms with Crippen LogP contribution >= 0.6 is 0 Å². The monoisotopic (exact) mass is 425 g/mol. The number of methoxy groups -OCH3 is 1. The van der Waals surface area contributed by atoms with E-state index in [4.69, 9.17) is 9.47 Å². The highest BCUT2D eigenvalue weighted by Gasteiger charge is 2.18. The first-order valence-electron chi connectivity index (χ1n) is 9.63. The molecule has 0 fully saturated rings. The van der Waals surface area contributed by atoms with Gasteiger partial charge in [0.15, 0.2) is 11.6 Å². The van der Waals surface area contributed by atoms with E-state index in [9.17, 15) is 13.6 Å². The minimum absolute atomic E-state index is 0.0381. The van der Waals surface area contributed by atoms with Crippen molar-refractivity contribution in [2.24, 2.45) is 0 Å². The lowest BCUT2D eigenvalue weighted by molar-refractivity contribution is 0.134. The Morgan fingerprint density at radius 1 is 1.32 bits per heavy atom. The molecule has 31 heavy (non-hydrogen) atoms. The Morgan fingerprint density at radius 3 is 2.87 bits per heavy atom. The van der Waals surface area contributed by atoms with Gasteiger partial charge in [-0.1, -0.05) is 18.7 Å². The van der Waals surface area contributed by atoms with E-state index in [0.29, 0.717) is 18.8 Å². The number of ether oxygens (including phenoxy) is 2. The fourth-order valence-electron chi connectivity index (χ4n) is 3.61. The number of aromatic nitrogens is 2. The molecule has 0 saturated carbocycles. The summed E-state index contributed by atoms with van der Waals surface area (Å²) in [6.45, 7) is 6.71. The predicted molar refractivity (Wildman–Crippen MR) is 114 cm³/mol. The fourth-order valence-corrected chi connectivity index (χ4v) is 3.61. The number of halogens is 2. The summed E-state index contributed by atoms with van der Waals surface area (Å²) in [5.74, 6) is -1.64. The van der Waals surface area contributed by atoms with Crippen LogP contribution in [0, 0.1) is 18.6 Å². The van der Waals surface area contributed by atoms with Gasteiger partial charge in [-0.2, -0.15) is 4.98 Å². The second kappa shape index (κ2) is 8.31. The number of hydrogen-bond donors (Lipinski definition) is 1. The van der Waals surface area contributed by atoms with Gasteiger partial charge in [0, 0.05) is 11.3 Å². The molecule has 6 nitrogen and oxygen atoms in total. The molecule has 160 valence electrons. The van der Waals surface area contributed by atoms with E-state index in [-0.39, 0.29) is 23.8 Å². The van der Waals surface area contributed by atoms with Crippen LogP contribution in [-0.2, 0) is 24.5 Å². The van der Waals surface area contributed by atoms with Crippen LogP contribution < -0.4 is 15.6 Å². The second-order valence-corrected chi connectivity index (χ2v) is 7.24. The van der Waals surface area contributed by atoms with Gasteiger partial charge in [0.1, 0.15) is 0 Å². The van der Waals surface area contributed by atoms with E-state index in [1.54, 1.807) is 4.57 Å². The number of benzene rings is 2. The molecule has 0 atom stereocenters. The summed E-state index contributed by atoms with van der Waals surface area (Å²) in [6.07, 6.45) is 2.74. The normalized spacial score (nSPS) is 12.5. The highest BCUT2D eigenvalue weighted by Crippen LogP contribution is 2.30. The maximum absolute atomic E-state index is 14.0. The van der Waals surface area contributed by atoms with Gasteiger partial charge in [-0.05, 0) is 47.4 Å². The third kappa shape index (κ3) is 3.94. The second-order valence-electron chi connectivity index (χ2n) is 7.24. The van der Waals surface area contributed by atoms with Crippen molar-refractivity contribution in [3.8, 4) is 5.75 Å². The Labute approximate surface area is 177 Å². The summed E-state index contributed by atoms with van der Waals surface area (Å²) in [5.41, 5.74) is 3.98.